The van der Waals surface area contributed by atoms with Gasteiger partial charge >= 0.3 is 0 Å². The number of rotatable bonds is 5. The van der Waals surface area contributed by atoms with Gasteiger partial charge in [0.2, 0.25) is 5.91 Å². The number of carbonyl (C=O) groups excluding carboxylic acids is 1. The molecule has 0 radical (unpaired) electrons. The Labute approximate surface area is 181 Å². The normalized spacial score (nSPS) is 21.2. The highest BCUT2D eigenvalue weighted by molar-refractivity contribution is 5.86. The zero-order chi connectivity index (χ0) is 21.4. The minimum atomic E-state index is -0.158. The van der Waals surface area contributed by atoms with Crippen molar-refractivity contribution in [2.75, 3.05) is 13.1 Å². The smallest absolute Gasteiger partial charge is 0.250 e. The number of aryl methyl sites for hydroxylation is 1. The Morgan fingerprint density at radius 2 is 2.10 bits per heavy atom. The quantitative estimate of drug-likeness (QED) is 0.695. The maximum Gasteiger partial charge on any atom is 0.250 e. The molecule has 2 aliphatic rings. The molecule has 2 atom stereocenters. The number of hydrogen-bond donors (Lipinski definition) is 1. The third-order valence-electron chi connectivity index (χ3n) is 6.74. The third-order valence-corrected chi connectivity index (χ3v) is 6.74. The number of pyridine rings is 2. The summed E-state index contributed by atoms with van der Waals surface area (Å²) in [4.78, 5) is 32.4. The fourth-order valence-corrected chi connectivity index (χ4v) is 4.80. The van der Waals surface area contributed by atoms with Gasteiger partial charge in [-0.05, 0) is 60.4 Å². The lowest BCUT2D eigenvalue weighted by Crippen LogP contribution is -2.47. The predicted molar refractivity (Wildman–Crippen MR) is 121 cm³/mol. The molecule has 0 spiro atoms. The average Bonchev–Trinajstić information content (AvgIpc) is 3.64. The summed E-state index contributed by atoms with van der Waals surface area (Å²) in [5.41, 5.74) is 2.09. The van der Waals surface area contributed by atoms with E-state index in [2.05, 4.69) is 33.4 Å². The molecular weight excluding hydrogens is 388 g/mol. The monoisotopic (exact) mass is 416 g/mol. The molecule has 1 saturated heterocycles. The first kappa shape index (κ1) is 19.9. The topological polar surface area (TPSA) is 67.2 Å². The van der Waals surface area contributed by atoms with E-state index in [9.17, 15) is 9.59 Å². The summed E-state index contributed by atoms with van der Waals surface area (Å²) < 4.78 is 1.58. The predicted octanol–water partition coefficient (Wildman–Crippen LogP) is 2.82. The SMILES string of the molecule is Cn1ccc([C@@H]2CCNC[C@H]2C(=O)N(Cc2cccc3ccncc23)C2CC2)cc1=O. The van der Waals surface area contributed by atoms with Gasteiger partial charge in [0.1, 0.15) is 0 Å². The van der Waals surface area contributed by atoms with Crippen LogP contribution >= 0.6 is 0 Å². The molecule has 1 aliphatic heterocycles. The molecule has 2 fully saturated rings. The molecular formula is C25H28N4O2. The molecule has 0 unspecified atom stereocenters. The Morgan fingerprint density at radius 1 is 1.23 bits per heavy atom. The van der Waals surface area contributed by atoms with Crippen LogP contribution in [0.4, 0.5) is 0 Å². The van der Waals surface area contributed by atoms with Crippen LogP contribution in [0.25, 0.3) is 10.8 Å². The van der Waals surface area contributed by atoms with E-state index in [-0.39, 0.29) is 23.3 Å². The summed E-state index contributed by atoms with van der Waals surface area (Å²) in [6.07, 6.45) is 8.49. The van der Waals surface area contributed by atoms with Crippen LogP contribution in [0.5, 0.6) is 0 Å². The number of nitrogens with one attached hydrogen (secondary N) is 1. The molecule has 3 aromatic rings. The van der Waals surface area contributed by atoms with Crippen LogP contribution in [-0.2, 0) is 18.4 Å². The Bertz CT molecular complexity index is 1160. The highest BCUT2D eigenvalue weighted by atomic mass is 16.2. The van der Waals surface area contributed by atoms with Gasteiger partial charge in [-0.2, -0.15) is 0 Å². The number of benzene rings is 1. The number of aromatic nitrogens is 2. The van der Waals surface area contributed by atoms with Crippen molar-refractivity contribution < 1.29 is 4.79 Å². The van der Waals surface area contributed by atoms with Gasteiger partial charge in [-0.3, -0.25) is 14.6 Å². The van der Waals surface area contributed by atoms with E-state index >= 15 is 0 Å². The van der Waals surface area contributed by atoms with Gasteiger partial charge in [0.15, 0.2) is 0 Å². The van der Waals surface area contributed by atoms with Crippen LogP contribution in [0, 0.1) is 5.92 Å². The van der Waals surface area contributed by atoms with Crippen molar-refractivity contribution in [1.82, 2.24) is 19.8 Å². The third kappa shape index (κ3) is 4.00. The molecule has 3 heterocycles. The standard InChI is InChI=1S/C25H28N4O2/c1-28-12-9-18(13-24(28)30)21-8-11-27-15-23(21)25(31)29(20-5-6-20)16-19-4-2-3-17-7-10-26-14-22(17)19/h2-4,7,9-10,12-14,20-21,23,27H,5-6,8,11,15-16H2,1H3/t21-,23+/m0/s1. The van der Waals surface area contributed by atoms with E-state index in [1.807, 2.05) is 24.5 Å². The van der Waals surface area contributed by atoms with Crippen LogP contribution in [0.3, 0.4) is 0 Å². The first-order chi connectivity index (χ1) is 15.1. The largest absolute Gasteiger partial charge is 0.335 e. The highest BCUT2D eigenvalue weighted by Crippen LogP contribution is 2.36. The summed E-state index contributed by atoms with van der Waals surface area (Å²) in [5, 5.41) is 5.66. The zero-order valence-corrected chi connectivity index (χ0v) is 17.8. The van der Waals surface area contributed by atoms with Crippen molar-refractivity contribution in [2.45, 2.75) is 37.8 Å². The van der Waals surface area contributed by atoms with Crippen LogP contribution in [0.1, 0.15) is 36.3 Å². The molecule has 2 aromatic heterocycles. The van der Waals surface area contributed by atoms with Gasteiger partial charge in [0, 0.05) is 56.2 Å². The zero-order valence-electron chi connectivity index (χ0n) is 17.8. The maximum atomic E-state index is 13.8. The average molecular weight is 417 g/mol. The van der Waals surface area contributed by atoms with Crippen molar-refractivity contribution in [3.05, 3.63) is 76.5 Å². The second kappa shape index (κ2) is 8.27. The lowest BCUT2D eigenvalue weighted by atomic mass is 9.80. The molecule has 160 valence electrons. The Balaban J connectivity index is 1.45. The first-order valence-electron chi connectivity index (χ1n) is 11.1. The number of fused-ring (bicyclic) bond motifs is 1. The molecule has 1 amide bonds. The minimum absolute atomic E-state index is 0.0236. The maximum absolute atomic E-state index is 13.8. The van der Waals surface area contributed by atoms with Gasteiger partial charge in [-0.1, -0.05) is 18.2 Å². The van der Waals surface area contributed by atoms with Gasteiger partial charge in [0.05, 0.1) is 5.92 Å². The summed E-state index contributed by atoms with van der Waals surface area (Å²) in [5.74, 6) is 0.105. The van der Waals surface area contributed by atoms with Crippen LogP contribution < -0.4 is 10.9 Å². The van der Waals surface area contributed by atoms with Crippen molar-refractivity contribution in [3.8, 4) is 0 Å². The molecule has 1 aliphatic carbocycles. The second-order valence-corrected chi connectivity index (χ2v) is 8.83. The Hall–Kier alpha value is -2.99. The molecule has 6 nitrogen and oxygen atoms in total. The first-order valence-corrected chi connectivity index (χ1v) is 11.1. The number of piperidine rings is 1. The summed E-state index contributed by atoms with van der Waals surface area (Å²) >= 11 is 0. The van der Waals surface area contributed by atoms with E-state index in [1.165, 1.54) is 0 Å². The van der Waals surface area contributed by atoms with E-state index in [0.717, 1.165) is 47.7 Å². The van der Waals surface area contributed by atoms with Crippen LogP contribution in [0.2, 0.25) is 0 Å². The van der Waals surface area contributed by atoms with Crippen molar-refractivity contribution in [2.24, 2.45) is 13.0 Å². The van der Waals surface area contributed by atoms with Gasteiger partial charge in [0.25, 0.3) is 5.56 Å². The Kier molecular flexibility index (Phi) is 5.32. The minimum Gasteiger partial charge on any atom is -0.335 e. The summed E-state index contributed by atoms with van der Waals surface area (Å²) in [6.45, 7) is 2.12. The van der Waals surface area contributed by atoms with Gasteiger partial charge in [-0.25, -0.2) is 0 Å². The number of carbonyl (C=O) groups is 1. The lowest BCUT2D eigenvalue weighted by molar-refractivity contribution is -0.138. The molecule has 0 bridgehead atoms. The summed E-state index contributed by atoms with van der Waals surface area (Å²) in [7, 11) is 1.76. The molecule has 1 N–H and O–H groups in total. The van der Waals surface area contributed by atoms with E-state index in [4.69, 9.17) is 0 Å². The van der Waals surface area contributed by atoms with E-state index in [0.29, 0.717) is 19.1 Å². The number of nitrogens with zero attached hydrogens (tertiary/aromatic N) is 3. The molecule has 6 heteroatoms. The van der Waals surface area contributed by atoms with Gasteiger partial charge < -0.3 is 14.8 Å². The molecule has 5 rings (SSSR count). The van der Waals surface area contributed by atoms with Gasteiger partial charge in [-0.15, -0.1) is 0 Å². The fraction of sp³-hybridized carbons (Fsp3) is 0.400. The number of amides is 1. The van der Waals surface area contributed by atoms with Crippen molar-refractivity contribution in [3.63, 3.8) is 0 Å². The highest BCUT2D eigenvalue weighted by Gasteiger charge is 2.40. The second-order valence-electron chi connectivity index (χ2n) is 8.83. The van der Waals surface area contributed by atoms with Crippen LogP contribution in [0.15, 0.2) is 59.8 Å². The molecule has 31 heavy (non-hydrogen) atoms. The molecule has 1 aromatic carbocycles. The molecule has 1 saturated carbocycles. The Morgan fingerprint density at radius 3 is 2.90 bits per heavy atom. The number of hydrogen-bond acceptors (Lipinski definition) is 4. The van der Waals surface area contributed by atoms with Crippen LogP contribution in [-0.4, -0.2) is 39.5 Å². The van der Waals surface area contributed by atoms with Crippen molar-refractivity contribution >= 4 is 16.7 Å². The lowest BCUT2D eigenvalue weighted by Gasteiger charge is -2.36. The van der Waals surface area contributed by atoms with E-state index in [1.54, 1.807) is 23.9 Å². The van der Waals surface area contributed by atoms with Crippen molar-refractivity contribution in [1.29, 1.82) is 0 Å². The van der Waals surface area contributed by atoms with E-state index < -0.39 is 0 Å². The summed E-state index contributed by atoms with van der Waals surface area (Å²) in [6, 6.07) is 12.3. The fourth-order valence-electron chi connectivity index (χ4n) is 4.80.